The second kappa shape index (κ2) is 5.65. The Morgan fingerprint density at radius 3 is 2.86 bits per heavy atom. The maximum absolute atomic E-state index is 15.8. The highest BCUT2D eigenvalue weighted by atomic mass is 32.2. The van der Waals surface area contributed by atoms with E-state index in [1.807, 2.05) is 0 Å². The van der Waals surface area contributed by atoms with Crippen molar-refractivity contribution in [3.63, 3.8) is 0 Å². The van der Waals surface area contributed by atoms with Gasteiger partial charge in [0.1, 0.15) is 0 Å². The van der Waals surface area contributed by atoms with Crippen molar-refractivity contribution >= 4 is 21.6 Å². The molecule has 8 nitrogen and oxygen atoms in total. The molecule has 2 aromatic rings. The number of sulfonamides is 1. The summed E-state index contributed by atoms with van der Waals surface area (Å²) < 4.78 is 53.6. The molecule has 5 rings (SSSR count). The average Bonchev–Trinajstić information content (AvgIpc) is 3.31. The van der Waals surface area contributed by atoms with E-state index in [9.17, 15) is 13.2 Å². The Bertz CT molecular complexity index is 1110. The van der Waals surface area contributed by atoms with Gasteiger partial charge in [-0.2, -0.15) is 4.31 Å². The van der Waals surface area contributed by atoms with Crippen LogP contribution in [-0.4, -0.2) is 56.2 Å². The van der Waals surface area contributed by atoms with Crippen molar-refractivity contribution in [2.75, 3.05) is 31.8 Å². The lowest BCUT2D eigenvalue weighted by Gasteiger charge is -2.37. The minimum atomic E-state index is -4.03. The molecule has 0 spiro atoms. The van der Waals surface area contributed by atoms with Gasteiger partial charge in [-0.05, 0) is 18.2 Å². The lowest BCUT2D eigenvalue weighted by atomic mass is 9.82. The van der Waals surface area contributed by atoms with Gasteiger partial charge in [-0.25, -0.2) is 12.8 Å². The molecule has 3 aliphatic rings. The van der Waals surface area contributed by atoms with E-state index in [0.717, 1.165) is 4.31 Å². The van der Waals surface area contributed by atoms with Crippen molar-refractivity contribution in [3.8, 4) is 11.5 Å². The largest absolute Gasteiger partial charge is 0.454 e. The Morgan fingerprint density at radius 1 is 1.25 bits per heavy atom. The summed E-state index contributed by atoms with van der Waals surface area (Å²) in [4.78, 5) is 17.9. The lowest BCUT2D eigenvalue weighted by molar-refractivity contribution is -0.130. The van der Waals surface area contributed by atoms with Gasteiger partial charge in [0.2, 0.25) is 22.5 Å². The van der Waals surface area contributed by atoms with E-state index >= 15 is 4.39 Å². The van der Waals surface area contributed by atoms with Crippen molar-refractivity contribution in [2.24, 2.45) is 0 Å². The number of hydrogen-bond donors (Lipinski definition) is 0. The van der Waals surface area contributed by atoms with Gasteiger partial charge in [0.05, 0.1) is 17.1 Å². The fraction of sp³-hybridized carbons (Fsp3) is 0.333. The van der Waals surface area contributed by atoms with Crippen LogP contribution in [0.1, 0.15) is 11.5 Å². The van der Waals surface area contributed by atoms with Crippen LogP contribution < -0.4 is 14.4 Å². The number of carbonyl (C=O) groups excluding carboxylic acids is 1. The average molecular weight is 405 g/mol. The molecular weight excluding hydrogens is 389 g/mol. The first-order chi connectivity index (χ1) is 13.3. The summed E-state index contributed by atoms with van der Waals surface area (Å²) in [6, 6.07) is 5.87. The topological polar surface area (TPSA) is 89.0 Å². The molecule has 2 atom stereocenters. The van der Waals surface area contributed by atoms with E-state index in [1.165, 1.54) is 42.5 Å². The van der Waals surface area contributed by atoms with Crippen LogP contribution in [0.15, 0.2) is 41.6 Å². The third-order valence-corrected chi connectivity index (χ3v) is 7.36. The predicted octanol–water partition coefficient (Wildman–Crippen LogP) is 1.28. The van der Waals surface area contributed by atoms with Gasteiger partial charge in [-0.15, -0.1) is 0 Å². The number of carbonyl (C=O) groups is 1. The van der Waals surface area contributed by atoms with Crippen molar-refractivity contribution in [1.29, 1.82) is 0 Å². The number of fused-ring (bicyclic) bond motifs is 4. The summed E-state index contributed by atoms with van der Waals surface area (Å²) >= 11 is 0. The minimum Gasteiger partial charge on any atom is -0.454 e. The van der Waals surface area contributed by atoms with Gasteiger partial charge < -0.3 is 14.4 Å². The summed E-state index contributed by atoms with van der Waals surface area (Å²) in [6.07, 6.45) is 3.01. The minimum absolute atomic E-state index is 0.0167. The van der Waals surface area contributed by atoms with Crippen molar-refractivity contribution in [3.05, 3.63) is 42.2 Å². The molecule has 0 saturated carbocycles. The van der Waals surface area contributed by atoms with E-state index in [-0.39, 0.29) is 18.2 Å². The zero-order valence-electron chi connectivity index (χ0n) is 14.8. The quantitative estimate of drug-likeness (QED) is 0.748. The SMILES string of the molecule is CN1C(=O)[C@]2(F)CN(S(=O)(=O)c3ccc4c(c3)OCO4)C[C@@H]2c2cnccc21. The first-order valence-electron chi connectivity index (χ1n) is 8.63. The van der Waals surface area contributed by atoms with Crippen LogP contribution >= 0.6 is 0 Å². The number of ether oxygens (including phenoxy) is 2. The second-order valence-corrected chi connectivity index (χ2v) is 8.96. The Kier molecular flexibility index (Phi) is 3.50. The molecule has 0 N–H and O–H groups in total. The predicted molar refractivity (Wildman–Crippen MR) is 95.6 cm³/mol. The van der Waals surface area contributed by atoms with Crippen LogP contribution in [0, 0.1) is 0 Å². The summed E-state index contributed by atoms with van der Waals surface area (Å²) in [5, 5.41) is 0. The highest BCUT2D eigenvalue weighted by Crippen LogP contribution is 2.49. The molecule has 1 aromatic heterocycles. The summed E-state index contributed by atoms with van der Waals surface area (Å²) in [5.41, 5.74) is -1.27. The fourth-order valence-corrected chi connectivity index (χ4v) is 5.57. The van der Waals surface area contributed by atoms with Gasteiger partial charge in [-0.3, -0.25) is 9.78 Å². The smallest absolute Gasteiger partial charge is 0.266 e. The first kappa shape index (κ1) is 17.4. The molecule has 146 valence electrons. The number of anilines is 1. The summed E-state index contributed by atoms with van der Waals surface area (Å²) in [5.74, 6) is -0.894. The fourth-order valence-electron chi connectivity index (χ4n) is 4.07. The highest BCUT2D eigenvalue weighted by Gasteiger charge is 2.60. The van der Waals surface area contributed by atoms with Crippen molar-refractivity contribution in [1.82, 2.24) is 9.29 Å². The summed E-state index contributed by atoms with van der Waals surface area (Å²) in [6.45, 7) is -0.680. The van der Waals surface area contributed by atoms with E-state index in [0.29, 0.717) is 22.7 Å². The number of rotatable bonds is 2. The van der Waals surface area contributed by atoms with E-state index in [4.69, 9.17) is 9.47 Å². The van der Waals surface area contributed by atoms with Gasteiger partial charge >= 0.3 is 0 Å². The van der Waals surface area contributed by atoms with Crippen molar-refractivity contribution < 1.29 is 27.1 Å². The number of halogens is 1. The van der Waals surface area contributed by atoms with Crippen LogP contribution in [0.25, 0.3) is 0 Å². The number of nitrogens with zero attached hydrogens (tertiary/aromatic N) is 3. The maximum Gasteiger partial charge on any atom is 0.266 e. The number of hydrogen-bond acceptors (Lipinski definition) is 6. The van der Waals surface area contributed by atoms with E-state index in [2.05, 4.69) is 4.98 Å². The molecule has 1 aromatic carbocycles. The molecule has 10 heteroatoms. The maximum atomic E-state index is 15.8. The Labute approximate surface area is 160 Å². The molecule has 1 saturated heterocycles. The van der Waals surface area contributed by atoms with Gasteiger partial charge in [0.15, 0.2) is 11.5 Å². The zero-order chi connectivity index (χ0) is 19.7. The molecule has 28 heavy (non-hydrogen) atoms. The van der Waals surface area contributed by atoms with Crippen LogP contribution in [0.3, 0.4) is 0 Å². The second-order valence-electron chi connectivity index (χ2n) is 7.03. The van der Waals surface area contributed by atoms with Gasteiger partial charge in [0.25, 0.3) is 5.91 Å². The normalized spacial score (nSPS) is 26.3. The molecule has 0 aliphatic carbocycles. The summed E-state index contributed by atoms with van der Waals surface area (Å²) in [7, 11) is -2.55. The van der Waals surface area contributed by atoms with Crippen LogP contribution in [0.4, 0.5) is 10.1 Å². The Balaban J connectivity index is 1.55. The number of amides is 1. The molecule has 4 heterocycles. The molecule has 1 amide bonds. The molecule has 0 bridgehead atoms. The number of alkyl halides is 1. The first-order valence-corrected chi connectivity index (χ1v) is 10.1. The third kappa shape index (κ3) is 2.21. The van der Waals surface area contributed by atoms with Gasteiger partial charge in [-0.1, -0.05) is 0 Å². The Hall–Kier alpha value is -2.72. The standard InChI is InChI=1S/C18H16FN3O5S/c1-21-14-4-5-20-7-12(14)13-8-22(9-18(13,19)17(21)23)28(24,25)11-2-3-15-16(6-11)27-10-26-15/h2-7,13H,8-10H2,1H3/t13-,18+/m1/s1. The van der Waals surface area contributed by atoms with E-state index in [1.54, 1.807) is 6.07 Å². The van der Waals surface area contributed by atoms with Gasteiger partial charge in [0, 0.05) is 43.5 Å². The van der Waals surface area contributed by atoms with Crippen LogP contribution in [0.2, 0.25) is 0 Å². The number of pyridine rings is 1. The zero-order valence-corrected chi connectivity index (χ0v) is 15.6. The molecule has 3 aliphatic heterocycles. The highest BCUT2D eigenvalue weighted by molar-refractivity contribution is 7.89. The monoisotopic (exact) mass is 405 g/mol. The Morgan fingerprint density at radius 2 is 2.04 bits per heavy atom. The molecular formula is C18H16FN3O5S. The number of aromatic nitrogens is 1. The molecule has 0 radical (unpaired) electrons. The molecule has 1 fully saturated rings. The van der Waals surface area contributed by atoms with Crippen LogP contribution in [0.5, 0.6) is 11.5 Å². The van der Waals surface area contributed by atoms with Crippen LogP contribution in [-0.2, 0) is 14.8 Å². The molecule has 0 unspecified atom stereocenters. The lowest BCUT2D eigenvalue weighted by Crippen LogP contribution is -2.52. The number of benzene rings is 1. The van der Waals surface area contributed by atoms with Crippen molar-refractivity contribution in [2.45, 2.75) is 16.5 Å². The van der Waals surface area contributed by atoms with E-state index < -0.39 is 34.1 Å². The third-order valence-electron chi connectivity index (χ3n) is 5.55.